The van der Waals surface area contributed by atoms with Crippen molar-refractivity contribution in [3.8, 4) is 0 Å². The van der Waals surface area contributed by atoms with Crippen LogP contribution in [-0.4, -0.2) is 48.9 Å². The maximum atomic E-state index is 12.2. The number of hydrogen-bond donors (Lipinski definition) is 2. The average Bonchev–Trinajstić information content (AvgIpc) is 2.91. The summed E-state index contributed by atoms with van der Waals surface area (Å²) in [6.07, 6.45) is 1.57. The Morgan fingerprint density at radius 2 is 2.05 bits per heavy atom. The molecule has 0 spiro atoms. The predicted octanol–water partition coefficient (Wildman–Crippen LogP) is 1.19. The Bertz CT molecular complexity index is 488. The Hall–Kier alpha value is -0.510. The lowest BCUT2D eigenvalue weighted by molar-refractivity contribution is 0.0689. The second kappa shape index (κ2) is 10.3. The molecule has 0 radical (unpaired) electrons. The Morgan fingerprint density at radius 1 is 1.24 bits per heavy atom. The molecule has 0 unspecified atom stereocenters. The molecule has 1 aromatic heterocycles. The Labute approximate surface area is 130 Å². The van der Waals surface area contributed by atoms with Crippen LogP contribution in [0.25, 0.3) is 0 Å². The Morgan fingerprint density at radius 3 is 2.76 bits per heavy atom. The number of sulfonamides is 1. The summed E-state index contributed by atoms with van der Waals surface area (Å²) in [5.41, 5.74) is 0. The number of hydrogen-bond acceptors (Lipinski definition) is 6. The predicted molar refractivity (Wildman–Crippen MR) is 84.2 cm³/mol. The quantitative estimate of drug-likeness (QED) is 0.561. The third-order valence-corrected chi connectivity index (χ3v) is 5.37. The van der Waals surface area contributed by atoms with Crippen molar-refractivity contribution in [3.05, 3.63) is 16.3 Å². The van der Waals surface area contributed by atoms with Crippen LogP contribution in [0.5, 0.6) is 0 Å². The zero-order valence-electron chi connectivity index (χ0n) is 12.6. The largest absolute Gasteiger partial charge is 0.382 e. The second-order valence-corrected chi connectivity index (χ2v) is 7.18. The number of nitrogens with one attached hydrogen (secondary N) is 2. The molecule has 21 heavy (non-hydrogen) atoms. The van der Waals surface area contributed by atoms with Crippen molar-refractivity contribution in [3.63, 3.8) is 0 Å². The summed E-state index contributed by atoms with van der Waals surface area (Å²) in [7, 11) is 0.0170. The van der Waals surface area contributed by atoms with E-state index in [1.54, 1.807) is 25.6 Å². The molecule has 0 fully saturated rings. The van der Waals surface area contributed by atoms with Crippen LogP contribution in [-0.2, 0) is 26.0 Å². The highest BCUT2D eigenvalue weighted by Gasteiger charge is 2.18. The van der Waals surface area contributed by atoms with Gasteiger partial charge in [-0.25, -0.2) is 13.1 Å². The minimum Gasteiger partial charge on any atom is -0.382 e. The van der Waals surface area contributed by atoms with Crippen LogP contribution in [0.2, 0.25) is 0 Å². The highest BCUT2D eigenvalue weighted by molar-refractivity contribution is 7.89. The number of rotatable bonds is 12. The van der Waals surface area contributed by atoms with Gasteiger partial charge in [-0.15, -0.1) is 11.3 Å². The summed E-state index contributed by atoms with van der Waals surface area (Å²) in [5, 5.41) is 4.77. The fraction of sp³-hybridized carbons (Fsp3) is 0.692. The number of methoxy groups -OCH3 is 1. The van der Waals surface area contributed by atoms with Crippen LogP contribution >= 0.6 is 11.3 Å². The van der Waals surface area contributed by atoms with E-state index in [2.05, 4.69) is 10.0 Å². The van der Waals surface area contributed by atoms with Gasteiger partial charge >= 0.3 is 0 Å². The standard InChI is InChI=1S/C13H24N2O4S2/c1-14-11-12-13(5-10-20-12)21(16,17)15-6-3-4-7-19-9-8-18-2/h5,10,14-15H,3-4,6-9,11H2,1-2H3. The Balaban J connectivity index is 2.28. The smallest absolute Gasteiger partial charge is 0.241 e. The molecule has 6 nitrogen and oxygen atoms in total. The highest BCUT2D eigenvalue weighted by Crippen LogP contribution is 2.21. The molecule has 0 amide bonds. The molecule has 1 rings (SSSR count). The van der Waals surface area contributed by atoms with Gasteiger partial charge < -0.3 is 14.8 Å². The van der Waals surface area contributed by atoms with Crippen LogP contribution in [0.15, 0.2) is 16.3 Å². The molecule has 1 heterocycles. The first-order valence-corrected chi connectivity index (χ1v) is 9.25. The van der Waals surface area contributed by atoms with Crippen LogP contribution in [0.3, 0.4) is 0 Å². The van der Waals surface area contributed by atoms with Gasteiger partial charge in [-0.05, 0) is 31.3 Å². The molecule has 8 heteroatoms. The number of ether oxygens (including phenoxy) is 2. The van der Waals surface area contributed by atoms with Crippen molar-refractivity contribution in [1.82, 2.24) is 10.0 Å². The summed E-state index contributed by atoms with van der Waals surface area (Å²) in [6, 6.07) is 1.65. The van der Waals surface area contributed by atoms with Crippen molar-refractivity contribution < 1.29 is 17.9 Å². The minimum absolute atomic E-state index is 0.373. The van der Waals surface area contributed by atoms with E-state index in [0.29, 0.717) is 37.8 Å². The van der Waals surface area contributed by atoms with Crippen molar-refractivity contribution in [2.45, 2.75) is 24.3 Å². The lowest BCUT2D eigenvalue weighted by Crippen LogP contribution is -2.26. The SMILES string of the molecule is CNCc1sccc1S(=O)(=O)NCCCCOCCOC. The maximum absolute atomic E-state index is 12.2. The molecular formula is C13H24N2O4S2. The topological polar surface area (TPSA) is 76.7 Å². The fourth-order valence-electron chi connectivity index (χ4n) is 1.72. The lowest BCUT2D eigenvalue weighted by Gasteiger charge is -2.08. The van der Waals surface area contributed by atoms with E-state index in [9.17, 15) is 8.42 Å². The number of thiophene rings is 1. The van der Waals surface area contributed by atoms with E-state index in [1.165, 1.54) is 11.3 Å². The molecule has 1 aromatic rings. The zero-order chi connectivity index (χ0) is 15.6. The van der Waals surface area contributed by atoms with E-state index in [1.807, 2.05) is 0 Å². The monoisotopic (exact) mass is 336 g/mol. The van der Waals surface area contributed by atoms with Gasteiger partial charge in [-0.1, -0.05) is 0 Å². The van der Waals surface area contributed by atoms with Crippen LogP contribution in [0.1, 0.15) is 17.7 Å². The van der Waals surface area contributed by atoms with Gasteiger partial charge in [0, 0.05) is 31.7 Å². The third-order valence-electron chi connectivity index (χ3n) is 2.77. The molecular weight excluding hydrogens is 312 g/mol. The van der Waals surface area contributed by atoms with Crippen molar-refractivity contribution in [2.24, 2.45) is 0 Å². The van der Waals surface area contributed by atoms with Crippen LogP contribution in [0, 0.1) is 0 Å². The second-order valence-electron chi connectivity index (χ2n) is 4.45. The summed E-state index contributed by atoms with van der Waals surface area (Å²) in [4.78, 5) is 1.20. The summed E-state index contributed by atoms with van der Waals surface area (Å²) < 4.78 is 37.2. The normalized spacial score (nSPS) is 11.9. The van der Waals surface area contributed by atoms with Crippen molar-refractivity contribution in [2.75, 3.05) is 40.5 Å². The molecule has 0 bridgehead atoms. The molecule has 0 aliphatic carbocycles. The molecule has 2 N–H and O–H groups in total. The van der Waals surface area contributed by atoms with E-state index < -0.39 is 10.0 Å². The molecule has 0 aromatic carbocycles. The summed E-state index contributed by atoms with van der Waals surface area (Å²) >= 11 is 1.44. The summed E-state index contributed by atoms with van der Waals surface area (Å²) in [6.45, 7) is 2.75. The third kappa shape index (κ3) is 6.86. The average molecular weight is 336 g/mol. The minimum atomic E-state index is -3.41. The highest BCUT2D eigenvalue weighted by atomic mass is 32.2. The van der Waals surface area contributed by atoms with Gasteiger partial charge in [-0.3, -0.25) is 0 Å². The van der Waals surface area contributed by atoms with E-state index >= 15 is 0 Å². The number of unbranched alkanes of at least 4 members (excludes halogenated alkanes) is 1. The Kier molecular flexibility index (Phi) is 9.05. The molecule has 122 valence electrons. The van der Waals surface area contributed by atoms with Crippen molar-refractivity contribution >= 4 is 21.4 Å². The molecule has 0 atom stereocenters. The lowest BCUT2D eigenvalue weighted by atomic mass is 10.3. The fourth-order valence-corrected chi connectivity index (χ4v) is 4.24. The molecule has 0 saturated heterocycles. The van der Waals surface area contributed by atoms with Gasteiger partial charge in [0.25, 0.3) is 0 Å². The molecule has 0 saturated carbocycles. The zero-order valence-corrected chi connectivity index (χ0v) is 14.2. The van der Waals surface area contributed by atoms with Gasteiger partial charge in [0.2, 0.25) is 10.0 Å². The van der Waals surface area contributed by atoms with Crippen LogP contribution < -0.4 is 10.0 Å². The van der Waals surface area contributed by atoms with Crippen molar-refractivity contribution in [1.29, 1.82) is 0 Å². The first kappa shape index (κ1) is 18.5. The van der Waals surface area contributed by atoms with Crippen LogP contribution in [0.4, 0.5) is 0 Å². The van der Waals surface area contributed by atoms with Gasteiger partial charge in [0.05, 0.1) is 18.1 Å². The van der Waals surface area contributed by atoms with E-state index in [0.717, 1.165) is 17.7 Å². The van der Waals surface area contributed by atoms with E-state index in [4.69, 9.17) is 9.47 Å². The molecule has 0 aliphatic heterocycles. The first-order chi connectivity index (χ1) is 10.1. The van der Waals surface area contributed by atoms with Gasteiger partial charge in [0.1, 0.15) is 0 Å². The maximum Gasteiger partial charge on any atom is 0.241 e. The summed E-state index contributed by atoms with van der Waals surface area (Å²) in [5.74, 6) is 0. The van der Waals surface area contributed by atoms with Gasteiger partial charge in [-0.2, -0.15) is 0 Å². The van der Waals surface area contributed by atoms with E-state index in [-0.39, 0.29) is 0 Å². The van der Waals surface area contributed by atoms with Gasteiger partial charge in [0.15, 0.2) is 0 Å². The molecule has 0 aliphatic rings. The first-order valence-electron chi connectivity index (χ1n) is 6.89.